The lowest BCUT2D eigenvalue weighted by Gasteiger charge is -2.12. The standard InChI is InChI=1S/C33H48O4/c1-2-3-4-5-6-7-8-9-10-11-12-13-14-15-16-17-18-19-25-20-26-22-27-23-28(34)24-30(36)32(27)33(37)31(26)29(35)21-25/h20-24,34-37H,2-19H2,1H3. The maximum absolute atomic E-state index is 10.7. The largest absolute Gasteiger partial charge is 0.508 e. The minimum atomic E-state index is -0.207. The average Bonchev–Trinajstić information content (AvgIpc) is 2.85. The van der Waals surface area contributed by atoms with Crippen LogP contribution < -0.4 is 0 Å². The molecule has 0 aliphatic rings. The number of rotatable bonds is 18. The zero-order valence-electron chi connectivity index (χ0n) is 22.9. The first-order valence-electron chi connectivity index (χ1n) is 14.8. The van der Waals surface area contributed by atoms with Crippen molar-refractivity contribution in [1.29, 1.82) is 0 Å². The molecule has 3 aromatic carbocycles. The normalized spacial score (nSPS) is 11.6. The van der Waals surface area contributed by atoms with Crippen molar-refractivity contribution in [3.05, 3.63) is 35.9 Å². The number of phenolic OH excluding ortho intramolecular Hbond substituents is 4. The molecule has 37 heavy (non-hydrogen) atoms. The number of unbranched alkanes of at least 4 members (excludes halogenated alkanes) is 16. The van der Waals surface area contributed by atoms with E-state index >= 15 is 0 Å². The van der Waals surface area contributed by atoms with Crippen LogP contribution in [0.4, 0.5) is 0 Å². The van der Waals surface area contributed by atoms with E-state index < -0.39 is 0 Å². The molecule has 0 amide bonds. The Morgan fingerprint density at radius 3 is 1.41 bits per heavy atom. The first kappa shape index (κ1) is 28.9. The fraction of sp³-hybridized carbons (Fsp3) is 0.576. The lowest BCUT2D eigenvalue weighted by molar-refractivity contribution is 0.449. The number of aromatic hydroxyl groups is 4. The molecule has 0 atom stereocenters. The third kappa shape index (κ3) is 9.02. The molecule has 0 unspecified atom stereocenters. The van der Waals surface area contributed by atoms with Gasteiger partial charge in [0.05, 0.1) is 10.8 Å². The molecule has 3 rings (SSSR count). The lowest BCUT2D eigenvalue weighted by atomic mass is 9.96. The van der Waals surface area contributed by atoms with Gasteiger partial charge in [0.2, 0.25) is 0 Å². The van der Waals surface area contributed by atoms with Gasteiger partial charge in [0.1, 0.15) is 23.0 Å². The molecule has 0 aromatic heterocycles. The molecule has 204 valence electrons. The molecule has 4 nitrogen and oxygen atoms in total. The predicted molar refractivity (Wildman–Crippen MR) is 156 cm³/mol. The summed E-state index contributed by atoms with van der Waals surface area (Å²) < 4.78 is 0. The van der Waals surface area contributed by atoms with Gasteiger partial charge in [-0.3, -0.25) is 0 Å². The zero-order chi connectivity index (χ0) is 26.5. The van der Waals surface area contributed by atoms with Crippen molar-refractivity contribution in [2.24, 2.45) is 0 Å². The Balaban J connectivity index is 1.29. The van der Waals surface area contributed by atoms with E-state index in [1.165, 1.54) is 115 Å². The Morgan fingerprint density at radius 2 is 0.892 bits per heavy atom. The van der Waals surface area contributed by atoms with E-state index in [2.05, 4.69) is 6.92 Å². The van der Waals surface area contributed by atoms with Crippen LogP contribution in [0.3, 0.4) is 0 Å². The number of phenols is 4. The number of hydrogen-bond donors (Lipinski definition) is 4. The van der Waals surface area contributed by atoms with E-state index in [1.54, 1.807) is 12.1 Å². The van der Waals surface area contributed by atoms with E-state index in [0.717, 1.165) is 18.4 Å². The fourth-order valence-corrected chi connectivity index (χ4v) is 5.58. The van der Waals surface area contributed by atoms with Gasteiger partial charge in [0.15, 0.2) is 0 Å². The predicted octanol–water partition coefficient (Wildman–Crippen LogP) is 10.0. The summed E-state index contributed by atoms with van der Waals surface area (Å²) in [6.07, 6.45) is 23.8. The van der Waals surface area contributed by atoms with Gasteiger partial charge in [-0.2, -0.15) is 0 Å². The molecular weight excluding hydrogens is 460 g/mol. The molecule has 3 aromatic rings. The highest BCUT2D eigenvalue weighted by Gasteiger charge is 2.15. The van der Waals surface area contributed by atoms with Gasteiger partial charge in [0.25, 0.3) is 0 Å². The van der Waals surface area contributed by atoms with E-state index in [9.17, 15) is 20.4 Å². The van der Waals surface area contributed by atoms with Crippen LogP contribution in [0.5, 0.6) is 23.0 Å². The van der Waals surface area contributed by atoms with Gasteiger partial charge >= 0.3 is 0 Å². The number of hydrogen-bond acceptors (Lipinski definition) is 4. The van der Waals surface area contributed by atoms with Gasteiger partial charge in [0, 0.05) is 6.07 Å². The number of aryl methyl sites for hydroxylation is 1. The van der Waals surface area contributed by atoms with E-state index in [-0.39, 0.29) is 28.4 Å². The van der Waals surface area contributed by atoms with Crippen molar-refractivity contribution in [1.82, 2.24) is 0 Å². The van der Waals surface area contributed by atoms with Crippen LogP contribution in [0.2, 0.25) is 0 Å². The molecule has 0 saturated heterocycles. The van der Waals surface area contributed by atoms with E-state index in [0.29, 0.717) is 16.2 Å². The second kappa shape index (κ2) is 15.6. The fourth-order valence-electron chi connectivity index (χ4n) is 5.58. The maximum atomic E-state index is 10.7. The summed E-state index contributed by atoms with van der Waals surface area (Å²) in [5.41, 5.74) is 1.04. The van der Waals surface area contributed by atoms with Gasteiger partial charge < -0.3 is 20.4 Å². The summed E-state index contributed by atoms with van der Waals surface area (Å²) >= 11 is 0. The highest BCUT2D eigenvalue weighted by atomic mass is 16.3. The highest BCUT2D eigenvalue weighted by molar-refractivity contribution is 6.10. The van der Waals surface area contributed by atoms with Crippen molar-refractivity contribution < 1.29 is 20.4 Å². The molecule has 4 heteroatoms. The topological polar surface area (TPSA) is 80.9 Å². The van der Waals surface area contributed by atoms with Crippen LogP contribution in [-0.2, 0) is 6.42 Å². The first-order valence-corrected chi connectivity index (χ1v) is 14.8. The Hall–Kier alpha value is -2.62. The number of benzene rings is 3. The molecule has 0 bridgehead atoms. The molecular formula is C33H48O4. The summed E-state index contributed by atoms with van der Waals surface area (Å²) in [6.45, 7) is 2.28. The summed E-state index contributed by atoms with van der Waals surface area (Å²) in [7, 11) is 0. The molecule has 0 aliphatic carbocycles. The molecule has 0 spiro atoms. The monoisotopic (exact) mass is 508 g/mol. The average molecular weight is 509 g/mol. The van der Waals surface area contributed by atoms with Crippen molar-refractivity contribution in [3.8, 4) is 23.0 Å². The minimum absolute atomic E-state index is 0.0198. The summed E-state index contributed by atoms with van der Waals surface area (Å²) in [6, 6.07) is 8.20. The van der Waals surface area contributed by atoms with Crippen LogP contribution >= 0.6 is 0 Å². The summed E-state index contributed by atoms with van der Waals surface area (Å²) in [4.78, 5) is 0. The molecule has 4 N–H and O–H groups in total. The summed E-state index contributed by atoms with van der Waals surface area (Å²) in [5, 5.41) is 43.0. The van der Waals surface area contributed by atoms with Crippen molar-refractivity contribution in [3.63, 3.8) is 0 Å². The Bertz CT molecular complexity index is 1100. The van der Waals surface area contributed by atoms with Gasteiger partial charge in [-0.15, -0.1) is 0 Å². The van der Waals surface area contributed by atoms with Crippen molar-refractivity contribution >= 4 is 21.5 Å². The Morgan fingerprint density at radius 1 is 0.459 bits per heavy atom. The molecule has 0 aliphatic heterocycles. The second-order valence-electron chi connectivity index (χ2n) is 10.9. The van der Waals surface area contributed by atoms with Crippen molar-refractivity contribution in [2.75, 3.05) is 0 Å². The quantitative estimate of drug-likeness (QED) is 0.102. The maximum Gasteiger partial charge on any atom is 0.138 e. The second-order valence-corrected chi connectivity index (χ2v) is 10.9. The molecule has 0 radical (unpaired) electrons. The van der Waals surface area contributed by atoms with E-state index in [1.807, 2.05) is 6.07 Å². The Kier molecular flexibility index (Phi) is 12.2. The molecule has 0 fully saturated rings. The Labute approximate surface area is 223 Å². The van der Waals surface area contributed by atoms with Crippen LogP contribution in [0, 0.1) is 0 Å². The molecule has 0 saturated carbocycles. The third-order valence-corrected chi connectivity index (χ3v) is 7.69. The SMILES string of the molecule is CCCCCCCCCCCCCCCCCCCc1cc(O)c2c(O)c3c(O)cc(O)cc3cc2c1. The van der Waals surface area contributed by atoms with Gasteiger partial charge in [-0.1, -0.05) is 116 Å². The highest BCUT2D eigenvalue weighted by Crippen LogP contribution is 2.44. The smallest absolute Gasteiger partial charge is 0.138 e. The van der Waals surface area contributed by atoms with Crippen molar-refractivity contribution in [2.45, 2.75) is 122 Å². The first-order chi connectivity index (χ1) is 18.0. The van der Waals surface area contributed by atoms with E-state index in [4.69, 9.17) is 0 Å². The van der Waals surface area contributed by atoms with Gasteiger partial charge in [-0.25, -0.2) is 0 Å². The van der Waals surface area contributed by atoms with Crippen LogP contribution in [0.25, 0.3) is 21.5 Å². The molecule has 0 heterocycles. The third-order valence-electron chi connectivity index (χ3n) is 7.69. The van der Waals surface area contributed by atoms with Gasteiger partial charge in [-0.05, 0) is 47.4 Å². The zero-order valence-corrected chi connectivity index (χ0v) is 22.9. The van der Waals surface area contributed by atoms with Crippen LogP contribution in [0.1, 0.15) is 122 Å². The van der Waals surface area contributed by atoms with Crippen LogP contribution in [-0.4, -0.2) is 20.4 Å². The lowest BCUT2D eigenvalue weighted by Crippen LogP contribution is -1.89. The number of fused-ring (bicyclic) bond motifs is 2. The van der Waals surface area contributed by atoms with Crippen LogP contribution in [0.15, 0.2) is 30.3 Å². The minimum Gasteiger partial charge on any atom is -0.508 e. The summed E-state index contributed by atoms with van der Waals surface area (Å²) in [5.74, 6) is -0.410.